The van der Waals surface area contributed by atoms with E-state index in [2.05, 4.69) is 15.4 Å². The zero-order chi connectivity index (χ0) is 19.3. The van der Waals surface area contributed by atoms with E-state index in [4.69, 9.17) is 11.6 Å². The van der Waals surface area contributed by atoms with Gasteiger partial charge in [0.1, 0.15) is 5.69 Å². The molecule has 6 nitrogen and oxygen atoms in total. The molecule has 0 aliphatic rings. The molecule has 0 fully saturated rings. The third-order valence-electron chi connectivity index (χ3n) is 4.87. The first-order valence-electron chi connectivity index (χ1n) is 8.37. The van der Waals surface area contributed by atoms with Crippen molar-refractivity contribution in [3.05, 3.63) is 51.7 Å². The molecule has 0 bridgehead atoms. The summed E-state index contributed by atoms with van der Waals surface area (Å²) in [7, 11) is 3.77. The van der Waals surface area contributed by atoms with Crippen molar-refractivity contribution in [2.24, 2.45) is 14.1 Å². The molecule has 0 spiro atoms. The maximum absolute atomic E-state index is 12.9. The molecule has 0 aliphatic heterocycles. The number of nitrogens with one attached hydrogen (secondary N) is 1. The normalized spacial score (nSPS) is 11.3. The predicted octanol–water partition coefficient (Wildman–Crippen LogP) is 4.56. The monoisotopic (exact) mass is 399 g/mol. The molecule has 4 rings (SSSR count). The Morgan fingerprint density at radius 3 is 2.74 bits per heavy atom. The second-order valence-corrected chi connectivity index (χ2v) is 7.75. The van der Waals surface area contributed by atoms with Crippen molar-refractivity contribution in [2.75, 3.05) is 5.32 Å². The van der Waals surface area contributed by atoms with Crippen LogP contribution >= 0.6 is 22.9 Å². The van der Waals surface area contributed by atoms with Crippen molar-refractivity contribution in [2.45, 2.75) is 13.8 Å². The summed E-state index contributed by atoms with van der Waals surface area (Å²) in [5.74, 6) is -0.189. The number of aryl methyl sites for hydroxylation is 3. The van der Waals surface area contributed by atoms with Gasteiger partial charge in [-0.05, 0) is 37.6 Å². The molecule has 0 saturated heterocycles. The Hall–Kier alpha value is -2.64. The molecule has 0 unspecified atom stereocenters. The number of amides is 1. The van der Waals surface area contributed by atoms with Crippen molar-refractivity contribution in [1.82, 2.24) is 19.3 Å². The maximum Gasteiger partial charge on any atom is 0.274 e. The van der Waals surface area contributed by atoms with Crippen LogP contribution in [0.4, 0.5) is 5.13 Å². The van der Waals surface area contributed by atoms with Crippen LogP contribution in [0.1, 0.15) is 21.7 Å². The van der Waals surface area contributed by atoms with Crippen LogP contribution in [0.2, 0.25) is 5.02 Å². The van der Waals surface area contributed by atoms with Crippen LogP contribution in [0.3, 0.4) is 0 Å². The highest BCUT2D eigenvalue weighted by Crippen LogP contribution is 2.30. The van der Waals surface area contributed by atoms with Crippen molar-refractivity contribution in [1.29, 1.82) is 0 Å². The van der Waals surface area contributed by atoms with E-state index in [0.717, 1.165) is 33.4 Å². The highest BCUT2D eigenvalue weighted by molar-refractivity contribution is 7.14. The van der Waals surface area contributed by atoms with Gasteiger partial charge in [-0.25, -0.2) is 4.98 Å². The van der Waals surface area contributed by atoms with E-state index in [0.29, 0.717) is 15.8 Å². The fraction of sp³-hybridized carbons (Fsp3) is 0.211. The Balaban J connectivity index is 1.66. The Bertz CT molecular complexity index is 1190. The van der Waals surface area contributed by atoms with E-state index in [1.54, 1.807) is 10.9 Å². The number of anilines is 1. The number of benzene rings is 1. The lowest BCUT2D eigenvalue weighted by molar-refractivity contribution is 0.101. The number of halogens is 1. The highest BCUT2D eigenvalue weighted by Gasteiger charge is 2.20. The van der Waals surface area contributed by atoms with E-state index >= 15 is 0 Å². The summed E-state index contributed by atoms with van der Waals surface area (Å²) in [6.45, 7) is 3.92. The Kier molecular flexibility index (Phi) is 4.28. The van der Waals surface area contributed by atoms with Gasteiger partial charge >= 0.3 is 0 Å². The van der Waals surface area contributed by atoms with Crippen LogP contribution < -0.4 is 5.32 Å². The number of carbonyl (C=O) groups excluding carboxylic acids is 1. The molecule has 3 heterocycles. The van der Waals surface area contributed by atoms with E-state index in [1.807, 2.05) is 56.1 Å². The third-order valence-corrected chi connectivity index (χ3v) is 5.86. The number of rotatable bonds is 3. The minimum absolute atomic E-state index is 0.189. The molecule has 4 aromatic rings. The standard InChI is InChI=1S/C19H18ClN5OS/c1-10-13-7-12(20)5-6-16(13)24(3)17(10)18(26)23-19-22-15(9-27-19)14-8-21-25(4)11(14)2/h5-9H,1-4H3,(H,22,23,26). The van der Waals surface area contributed by atoms with Gasteiger partial charge in [0, 0.05) is 46.7 Å². The topological polar surface area (TPSA) is 64.7 Å². The average molecular weight is 400 g/mol. The van der Waals surface area contributed by atoms with E-state index < -0.39 is 0 Å². The summed E-state index contributed by atoms with van der Waals surface area (Å²) in [5, 5.41) is 11.3. The number of hydrogen-bond donors (Lipinski definition) is 1. The molecule has 1 aromatic carbocycles. The Labute approximate surface area is 165 Å². The minimum atomic E-state index is -0.189. The molecule has 1 N–H and O–H groups in total. The molecular formula is C19H18ClN5OS. The number of nitrogens with zero attached hydrogens (tertiary/aromatic N) is 4. The average Bonchev–Trinajstić information content (AvgIpc) is 3.27. The van der Waals surface area contributed by atoms with Gasteiger partial charge in [0.05, 0.1) is 11.9 Å². The molecule has 0 aliphatic carbocycles. The third kappa shape index (κ3) is 2.93. The lowest BCUT2D eigenvalue weighted by Gasteiger charge is -2.05. The van der Waals surface area contributed by atoms with Crippen LogP contribution in [0.15, 0.2) is 29.8 Å². The van der Waals surface area contributed by atoms with Gasteiger partial charge in [-0.2, -0.15) is 5.10 Å². The molecule has 8 heteroatoms. The van der Waals surface area contributed by atoms with Gasteiger partial charge in [-0.1, -0.05) is 11.6 Å². The largest absolute Gasteiger partial charge is 0.339 e. The molecule has 0 saturated carbocycles. The quantitative estimate of drug-likeness (QED) is 0.549. The maximum atomic E-state index is 12.9. The summed E-state index contributed by atoms with van der Waals surface area (Å²) in [5.41, 5.74) is 5.26. The highest BCUT2D eigenvalue weighted by atomic mass is 35.5. The number of hydrogen-bond acceptors (Lipinski definition) is 4. The van der Waals surface area contributed by atoms with Crippen LogP contribution in [0.5, 0.6) is 0 Å². The SMILES string of the molecule is Cc1c(C(=O)Nc2nc(-c3cnn(C)c3C)cs2)n(C)c2ccc(Cl)cc12. The molecular weight excluding hydrogens is 382 g/mol. The van der Waals surface area contributed by atoms with Crippen molar-refractivity contribution in [3.63, 3.8) is 0 Å². The Morgan fingerprint density at radius 2 is 2.04 bits per heavy atom. The second kappa shape index (κ2) is 6.51. The first kappa shape index (κ1) is 17.8. The van der Waals surface area contributed by atoms with Crippen LogP contribution in [0, 0.1) is 13.8 Å². The Morgan fingerprint density at radius 1 is 1.26 bits per heavy atom. The summed E-state index contributed by atoms with van der Waals surface area (Å²) in [4.78, 5) is 17.5. The first-order chi connectivity index (χ1) is 12.9. The fourth-order valence-electron chi connectivity index (χ4n) is 3.28. The molecule has 27 heavy (non-hydrogen) atoms. The lowest BCUT2D eigenvalue weighted by Crippen LogP contribution is -2.16. The number of thiazole rings is 1. The zero-order valence-electron chi connectivity index (χ0n) is 15.4. The van der Waals surface area contributed by atoms with E-state index in [9.17, 15) is 4.79 Å². The van der Waals surface area contributed by atoms with Crippen LogP contribution in [-0.2, 0) is 14.1 Å². The number of fused-ring (bicyclic) bond motifs is 1. The summed E-state index contributed by atoms with van der Waals surface area (Å²) < 4.78 is 3.69. The van der Waals surface area contributed by atoms with Crippen molar-refractivity contribution in [3.8, 4) is 11.3 Å². The van der Waals surface area contributed by atoms with Crippen molar-refractivity contribution < 1.29 is 4.79 Å². The van der Waals surface area contributed by atoms with Crippen LogP contribution in [-0.4, -0.2) is 25.2 Å². The van der Waals surface area contributed by atoms with Gasteiger partial charge in [-0.15, -0.1) is 11.3 Å². The van der Waals surface area contributed by atoms with Gasteiger partial charge in [0.25, 0.3) is 5.91 Å². The van der Waals surface area contributed by atoms with Crippen LogP contribution in [0.25, 0.3) is 22.2 Å². The molecule has 3 aromatic heterocycles. The predicted molar refractivity (Wildman–Crippen MR) is 110 cm³/mol. The molecule has 138 valence electrons. The summed E-state index contributed by atoms with van der Waals surface area (Å²) in [6, 6.07) is 5.64. The first-order valence-corrected chi connectivity index (χ1v) is 9.63. The van der Waals surface area contributed by atoms with Crippen molar-refractivity contribution >= 4 is 44.9 Å². The van der Waals surface area contributed by atoms with E-state index in [-0.39, 0.29) is 5.91 Å². The second-order valence-electron chi connectivity index (χ2n) is 6.45. The lowest BCUT2D eigenvalue weighted by atomic mass is 10.1. The fourth-order valence-corrected chi connectivity index (χ4v) is 4.16. The summed E-state index contributed by atoms with van der Waals surface area (Å²) in [6.07, 6.45) is 1.79. The van der Waals surface area contributed by atoms with E-state index in [1.165, 1.54) is 11.3 Å². The van der Waals surface area contributed by atoms with Gasteiger partial charge in [0.2, 0.25) is 0 Å². The smallest absolute Gasteiger partial charge is 0.274 e. The number of aromatic nitrogens is 4. The zero-order valence-corrected chi connectivity index (χ0v) is 16.9. The van der Waals surface area contributed by atoms with Gasteiger partial charge in [-0.3, -0.25) is 14.8 Å². The molecule has 1 amide bonds. The molecule has 0 atom stereocenters. The molecule has 0 radical (unpaired) electrons. The van der Waals surface area contributed by atoms with Gasteiger partial charge < -0.3 is 4.57 Å². The van der Waals surface area contributed by atoms with Gasteiger partial charge in [0.15, 0.2) is 5.13 Å². The summed E-state index contributed by atoms with van der Waals surface area (Å²) >= 11 is 7.51. The number of carbonyl (C=O) groups is 1. The minimum Gasteiger partial charge on any atom is -0.339 e.